The van der Waals surface area contributed by atoms with Crippen LogP contribution in [-0.2, 0) is 9.53 Å². The van der Waals surface area contributed by atoms with Crippen LogP contribution in [0.15, 0.2) is 64.5 Å². The Hall–Kier alpha value is -3.43. The van der Waals surface area contributed by atoms with E-state index in [-0.39, 0.29) is 18.9 Å². The molecule has 0 unspecified atom stereocenters. The van der Waals surface area contributed by atoms with E-state index in [4.69, 9.17) is 19.2 Å². The fourth-order valence-electron chi connectivity index (χ4n) is 3.99. The molecule has 0 aliphatic heterocycles. The Labute approximate surface area is 227 Å². The third-order valence-corrected chi connectivity index (χ3v) is 7.30. The Morgan fingerprint density at radius 2 is 1.84 bits per heavy atom. The molecule has 0 fully saturated rings. The first kappa shape index (κ1) is 26.6. The minimum absolute atomic E-state index is 0.0372. The first-order valence-corrected chi connectivity index (χ1v) is 13.5. The van der Waals surface area contributed by atoms with Crippen molar-refractivity contribution in [2.45, 2.75) is 26.3 Å². The van der Waals surface area contributed by atoms with Crippen molar-refractivity contribution in [3.63, 3.8) is 0 Å². The van der Waals surface area contributed by atoms with Gasteiger partial charge in [0.15, 0.2) is 11.5 Å². The summed E-state index contributed by atoms with van der Waals surface area (Å²) in [5, 5.41) is 3.77. The number of esters is 1. The molecule has 192 valence electrons. The zero-order chi connectivity index (χ0) is 26.4. The molecule has 0 saturated heterocycles. The number of halogens is 1. The lowest BCUT2D eigenvalue weighted by Crippen LogP contribution is -2.31. The zero-order valence-electron chi connectivity index (χ0n) is 20.7. The Morgan fingerprint density at radius 3 is 2.54 bits per heavy atom. The number of nitrogens with one attached hydrogen (secondary N) is 1. The molecule has 0 aliphatic carbocycles. The summed E-state index contributed by atoms with van der Waals surface area (Å²) >= 11 is 5.04. The van der Waals surface area contributed by atoms with Gasteiger partial charge >= 0.3 is 5.97 Å². The molecule has 1 amide bonds. The van der Waals surface area contributed by atoms with Crippen molar-refractivity contribution < 1.29 is 23.8 Å². The van der Waals surface area contributed by atoms with Crippen molar-refractivity contribution in [3.8, 4) is 22.1 Å². The molecule has 2 aromatic heterocycles. The van der Waals surface area contributed by atoms with Gasteiger partial charge in [0.05, 0.1) is 58.2 Å². The molecule has 0 aliphatic rings. The second kappa shape index (κ2) is 12.2. The maximum absolute atomic E-state index is 13.7. The maximum Gasteiger partial charge on any atom is 0.308 e. The molecule has 2 aromatic carbocycles. The molecule has 0 radical (unpaired) electrons. The first-order valence-electron chi connectivity index (χ1n) is 11.9. The molecule has 0 saturated carbocycles. The van der Waals surface area contributed by atoms with Crippen LogP contribution < -0.4 is 14.8 Å². The number of benzene rings is 2. The molecule has 4 aromatic rings. The van der Waals surface area contributed by atoms with E-state index in [0.717, 1.165) is 14.0 Å². The van der Waals surface area contributed by atoms with E-state index in [1.807, 2.05) is 49.4 Å². The normalized spacial score (nSPS) is 11.7. The topological polar surface area (TPSA) is 86.8 Å². The molecule has 1 N–H and O–H groups in total. The largest absolute Gasteiger partial charge is 0.493 e. The molecular formula is C28H27BrN2O5S. The number of hydrogen-bond acceptors (Lipinski definition) is 7. The van der Waals surface area contributed by atoms with Crippen LogP contribution in [0.2, 0.25) is 0 Å². The third kappa shape index (κ3) is 6.29. The third-order valence-electron chi connectivity index (χ3n) is 5.66. The fourth-order valence-corrected chi connectivity index (χ4v) is 5.34. The van der Waals surface area contributed by atoms with Crippen molar-refractivity contribution in [2.24, 2.45) is 0 Å². The van der Waals surface area contributed by atoms with Gasteiger partial charge in [0, 0.05) is 5.39 Å². The summed E-state index contributed by atoms with van der Waals surface area (Å²) in [5.74, 6) is 0.367. The second-order valence-electron chi connectivity index (χ2n) is 8.05. The van der Waals surface area contributed by atoms with Crippen LogP contribution in [0.25, 0.3) is 21.5 Å². The molecule has 2 heterocycles. The predicted octanol–water partition coefficient (Wildman–Crippen LogP) is 6.56. The van der Waals surface area contributed by atoms with Crippen molar-refractivity contribution in [3.05, 3.63) is 75.6 Å². The van der Waals surface area contributed by atoms with Crippen LogP contribution in [0, 0.1) is 0 Å². The standard InChI is InChI=1S/C28H27BrN2O5S/c1-4-35-23-11-10-17(14-24(23)34-3)21(16-27(32)36-5-2)31-28(33)19-15-22(25-12-13-26(29)37-25)30-20-9-7-6-8-18(19)20/h6-15,21H,4-5,16H2,1-3H3,(H,31,33)/t21-/m1/s1. The number of para-hydroxylation sites is 1. The van der Waals surface area contributed by atoms with E-state index in [1.165, 1.54) is 11.3 Å². The lowest BCUT2D eigenvalue weighted by molar-refractivity contribution is -0.143. The molecular weight excluding hydrogens is 556 g/mol. The highest BCUT2D eigenvalue weighted by molar-refractivity contribution is 9.11. The van der Waals surface area contributed by atoms with E-state index in [1.54, 1.807) is 32.2 Å². The Kier molecular flexibility index (Phi) is 8.78. The average molecular weight is 584 g/mol. The summed E-state index contributed by atoms with van der Waals surface area (Å²) in [5.41, 5.74) is 2.57. The Balaban J connectivity index is 1.73. The molecule has 37 heavy (non-hydrogen) atoms. The van der Waals surface area contributed by atoms with Gasteiger partial charge < -0.3 is 19.5 Å². The number of pyridine rings is 1. The Bertz CT molecular complexity index is 1420. The van der Waals surface area contributed by atoms with Crippen molar-refractivity contribution in [1.82, 2.24) is 10.3 Å². The van der Waals surface area contributed by atoms with E-state index in [2.05, 4.69) is 21.2 Å². The van der Waals surface area contributed by atoms with Crippen LogP contribution in [0.5, 0.6) is 11.5 Å². The fraction of sp³-hybridized carbons (Fsp3) is 0.250. The number of rotatable bonds is 10. The molecule has 4 rings (SSSR count). The van der Waals surface area contributed by atoms with E-state index in [9.17, 15) is 9.59 Å². The van der Waals surface area contributed by atoms with Crippen LogP contribution in [-0.4, -0.2) is 37.2 Å². The van der Waals surface area contributed by atoms with Gasteiger partial charge in [-0.15, -0.1) is 11.3 Å². The number of thiophene rings is 1. The lowest BCUT2D eigenvalue weighted by Gasteiger charge is -2.21. The highest BCUT2D eigenvalue weighted by Gasteiger charge is 2.23. The lowest BCUT2D eigenvalue weighted by atomic mass is 10.0. The van der Waals surface area contributed by atoms with Gasteiger partial charge in [-0.1, -0.05) is 24.3 Å². The summed E-state index contributed by atoms with van der Waals surface area (Å²) < 4.78 is 17.3. The van der Waals surface area contributed by atoms with Gasteiger partial charge in [-0.3, -0.25) is 9.59 Å². The second-order valence-corrected chi connectivity index (χ2v) is 10.5. The Morgan fingerprint density at radius 1 is 1.03 bits per heavy atom. The van der Waals surface area contributed by atoms with E-state index < -0.39 is 12.0 Å². The number of carbonyl (C=O) groups is 2. The average Bonchev–Trinajstić information content (AvgIpc) is 3.34. The summed E-state index contributed by atoms with van der Waals surface area (Å²) in [7, 11) is 1.55. The van der Waals surface area contributed by atoms with Gasteiger partial charge in [0.2, 0.25) is 0 Å². The molecule has 0 spiro atoms. The molecule has 0 bridgehead atoms. The minimum atomic E-state index is -0.651. The van der Waals surface area contributed by atoms with Gasteiger partial charge in [0.1, 0.15) is 0 Å². The van der Waals surface area contributed by atoms with Gasteiger partial charge in [-0.2, -0.15) is 0 Å². The van der Waals surface area contributed by atoms with Crippen LogP contribution in [0.4, 0.5) is 0 Å². The first-order chi connectivity index (χ1) is 17.9. The molecule has 9 heteroatoms. The van der Waals surface area contributed by atoms with E-state index in [0.29, 0.717) is 40.4 Å². The van der Waals surface area contributed by atoms with Crippen molar-refractivity contribution in [1.29, 1.82) is 0 Å². The molecule has 1 atom stereocenters. The highest BCUT2D eigenvalue weighted by Crippen LogP contribution is 2.34. The van der Waals surface area contributed by atoms with Crippen LogP contribution >= 0.6 is 27.3 Å². The number of fused-ring (bicyclic) bond motifs is 1. The number of nitrogens with zero attached hydrogens (tertiary/aromatic N) is 1. The summed E-state index contributed by atoms with van der Waals surface area (Å²) in [6.07, 6.45) is -0.0372. The van der Waals surface area contributed by atoms with E-state index >= 15 is 0 Å². The number of ether oxygens (including phenoxy) is 3. The summed E-state index contributed by atoms with van der Waals surface area (Å²) in [6.45, 7) is 4.37. The van der Waals surface area contributed by atoms with Gasteiger partial charge in [0.25, 0.3) is 5.91 Å². The maximum atomic E-state index is 13.7. The van der Waals surface area contributed by atoms with Gasteiger partial charge in [-0.05, 0) is 71.7 Å². The van der Waals surface area contributed by atoms with Gasteiger partial charge in [-0.25, -0.2) is 4.98 Å². The number of carbonyl (C=O) groups excluding carboxylic acids is 2. The predicted molar refractivity (Wildman–Crippen MR) is 148 cm³/mol. The monoisotopic (exact) mass is 582 g/mol. The number of amides is 1. The number of methoxy groups -OCH3 is 1. The quantitative estimate of drug-likeness (QED) is 0.213. The zero-order valence-corrected chi connectivity index (χ0v) is 23.1. The van der Waals surface area contributed by atoms with Crippen molar-refractivity contribution >= 4 is 50.0 Å². The number of hydrogen-bond donors (Lipinski definition) is 1. The summed E-state index contributed by atoms with van der Waals surface area (Å²) in [4.78, 5) is 31.9. The molecule has 7 nitrogen and oxygen atoms in total. The smallest absolute Gasteiger partial charge is 0.308 e. The van der Waals surface area contributed by atoms with Crippen molar-refractivity contribution in [2.75, 3.05) is 20.3 Å². The van der Waals surface area contributed by atoms with Crippen LogP contribution in [0.1, 0.15) is 42.2 Å². The summed E-state index contributed by atoms with van der Waals surface area (Å²) in [6, 6.07) is 17.9. The minimum Gasteiger partial charge on any atom is -0.493 e. The van der Waals surface area contributed by atoms with Crippen LogP contribution in [0.3, 0.4) is 0 Å². The number of aromatic nitrogens is 1. The SMILES string of the molecule is CCOC(=O)C[C@@H](NC(=O)c1cc(-c2ccc(Br)s2)nc2ccccc12)c1ccc(OCC)c(OC)c1. The highest BCUT2D eigenvalue weighted by atomic mass is 79.9.